The van der Waals surface area contributed by atoms with Gasteiger partial charge in [0, 0.05) is 12.3 Å². The predicted molar refractivity (Wildman–Crippen MR) is 42.2 cm³/mol. The van der Waals surface area contributed by atoms with E-state index in [1.807, 2.05) is 0 Å². The minimum Gasteiger partial charge on any atom is -0.352 e. The van der Waals surface area contributed by atoms with Gasteiger partial charge in [0.05, 0.1) is 5.56 Å². The number of halogens is 1. The van der Waals surface area contributed by atoms with Gasteiger partial charge >= 0.3 is 0 Å². The Hall–Kier alpha value is -1.02. The molecule has 0 saturated carbocycles. The van der Waals surface area contributed by atoms with E-state index in [2.05, 4.69) is 11.6 Å². The lowest BCUT2D eigenvalue weighted by molar-refractivity contribution is 1.29. The van der Waals surface area contributed by atoms with E-state index in [1.54, 1.807) is 0 Å². The average Bonchev–Trinajstić information content (AvgIpc) is 1.88. The first kappa shape index (κ1) is 7.09. The fraction of sp³-hybridized carbons (Fsp3) is 0. The Morgan fingerprint density at radius 3 is 2.80 bits per heavy atom. The topological polar surface area (TPSA) is 32.9 Å². The van der Waals surface area contributed by atoms with Crippen LogP contribution in [0.4, 0.5) is 0 Å². The molecule has 0 aromatic carbocycles. The zero-order chi connectivity index (χ0) is 7.56. The number of H-pyrrole nitrogens is 1. The van der Waals surface area contributed by atoms with Crippen LogP contribution in [0.5, 0.6) is 0 Å². The molecule has 1 aromatic rings. The third kappa shape index (κ3) is 1.11. The van der Waals surface area contributed by atoms with E-state index in [4.69, 9.17) is 11.6 Å². The lowest BCUT2D eigenvalue weighted by Gasteiger charge is -1.92. The van der Waals surface area contributed by atoms with Crippen molar-refractivity contribution in [2.75, 3.05) is 0 Å². The molecule has 0 aliphatic heterocycles. The summed E-state index contributed by atoms with van der Waals surface area (Å²) in [5.74, 6) is 0. The Labute approximate surface area is 63.2 Å². The quantitative estimate of drug-likeness (QED) is 0.615. The second-order valence-electron chi connectivity index (χ2n) is 1.77. The summed E-state index contributed by atoms with van der Waals surface area (Å²) in [6.45, 7) is 3.45. The molecule has 2 nitrogen and oxygen atoms in total. The van der Waals surface area contributed by atoms with Gasteiger partial charge in [-0.25, -0.2) is 0 Å². The molecule has 1 aromatic heterocycles. The van der Waals surface area contributed by atoms with Gasteiger partial charge < -0.3 is 4.98 Å². The molecule has 1 heterocycles. The maximum atomic E-state index is 10.9. The molecule has 10 heavy (non-hydrogen) atoms. The van der Waals surface area contributed by atoms with Crippen LogP contribution >= 0.6 is 11.6 Å². The van der Waals surface area contributed by atoms with Gasteiger partial charge in [-0.05, 0) is 0 Å². The van der Waals surface area contributed by atoms with Crippen LogP contribution in [0.1, 0.15) is 5.56 Å². The summed E-state index contributed by atoms with van der Waals surface area (Å²) in [6, 6.07) is 1.41. The van der Waals surface area contributed by atoms with Gasteiger partial charge in [-0.1, -0.05) is 24.3 Å². The smallest absolute Gasteiger partial charge is 0.190 e. The average molecular weight is 156 g/mol. The summed E-state index contributed by atoms with van der Waals surface area (Å²) in [5, 5.41) is 0.336. The van der Waals surface area contributed by atoms with Crippen LogP contribution in [0.25, 0.3) is 6.08 Å². The van der Waals surface area contributed by atoms with Crippen molar-refractivity contribution in [2.45, 2.75) is 0 Å². The van der Waals surface area contributed by atoms with E-state index >= 15 is 0 Å². The Morgan fingerprint density at radius 2 is 2.40 bits per heavy atom. The first-order valence-corrected chi connectivity index (χ1v) is 3.13. The van der Waals surface area contributed by atoms with Gasteiger partial charge in [-0.15, -0.1) is 0 Å². The number of aromatic amines is 1. The molecule has 1 N–H and O–H groups in total. The largest absolute Gasteiger partial charge is 0.352 e. The van der Waals surface area contributed by atoms with E-state index in [9.17, 15) is 4.79 Å². The Balaban J connectivity index is 3.45. The number of hydrogen-bond acceptors (Lipinski definition) is 1. The summed E-state index contributed by atoms with van der Waals surface area (Å²) in [7, 11) is 0. The normalized spacial score (nSPS) is 9.30. The van der Waals surface area contributed by atoms with E-state index in [-0.39, 0.29) is 5.43 Å². The molecule has 0 spiro atoms. The highest BCUT2D eigenvalue weighted by Gasteiger charge is 1.97. The summed E-state index contributed by atoms with van der Waals surface area (Å²) >= 11 is 5.60. The van der Waals surface area contributed by atoms with Crippen LogP contribution in [0.2, 0.25) is 5.15 Å². The Morgan fingerprint density at radius 1 is 1.70 bits per heavy atom. The molecule has 52 valence electrons. The first-order chi connectivity index (χ1) is 4.75. The molecule has 3 heteroatoms. The third-order valence-corrected chi connectivity index (χ3v) is 1.46. The molecular formula is C7H6ClNO. The molecule has 0 aliphatic rings. The highest BCUT2D eigenvalue weighted by molar-refractivity contribution is 6.30. The van der Waals surface area contributed by atoms with Crippen LogP contribution in [0, 0.1) is 0 Å². The molecule has 0 aliphatic carbocycles. The summed E-state index contributed by atoms with van der Waals surface area (Å²) in [6.07, 6.45) is 2.93. The van der Waals surface area contributed by atoms with Crippen molar-refractivity contribution in [1.82, 2.24) is 4.98 Å². The van der Waals surface area contributed by atoms with Crippen molar-refractivity contribution in [3.05, 3.63) is 39.8 Å². The fourth-order valence-electron chi connectivity index (χ4n) is 0.656. The molecule has 0 radical (unpaired) electrons. The van der Waals surface area contributed by atoms with Crippen LogP contribution < -0.4 is 5.43 Å². The second-order valence-corrected chi connectivity index (χ2v) is 2.15. The van der Waals surface area contributed by atoms with Crippen molar-refractivity contribution < 1.29 is 0 Å². The highest BCUT2D eigenvalue weighted by atomic mass is 35.5. The number of nitrogens with one attached hydrogen (secondary N) is 1. The molecule has 0 atom stereocenters. The fourth-order valence-corrected chi connectivity index (χ4v) is 0.890. The molecule has 1 rings (SSSR count). The lowest BCUT2D eigenvalue weighted by atomic mass is 10.3. The summed E-state index contributed by atoms with van der Waals surface area (Å²) < 4.78 is 0. The van der Waals surface area contributed by atoms with Crippen molar-refractivity contribution >= 4 is 17.7 Å². The maximum Gasteiger partial charge on any atom is 0.190 e. The van der Waals surface area contributed by atoms with Crippen LogP contribution in [0.15, 0.2) is 23.6 Å². The highest BCUT2D eigenvalue weighted by Crippen LogP contribution is 2.06. The van der Waals surface area contributed by atoms with E-state index in [0.717, 1.165) is 0 Å². The molecule has 0 amide bonds. The van der Waals surface area contributed by atoms with Crippen molar-refractivity contribution in [1.29, 1.82) is 0 Å². The molecule has 0 unspecified atom stereocenters. The molecule has 0 fully saturated rings. The van der Waals surface area contributed by atoms with Gasteiger partial charge in [-0.3, -0.25) is 4.79 Å². The first-order valence-electron chi connectivity index (χ1n) is 2.75. The Bertz CT molecular complexity index is 303. The predicted octanol–water partition coefficient (Wildman–Crippen LogP) is 1.67. The van der Waals surface area contributed by atoms with Crippen LogP contribution in [-0.2, 0) is 0 Å². The van der Waals surface area contributed by atoms with Crippen LogP contribution in [0.3, 0.4) is 0 Å². The van der Waals surface area contributed by atoms with Gasteiger partial charge in [0.25, 0.3) is 0 Å². The minimum absolute atomic E-state index is 0.112. The van der Waals surface area contributed by atoms with Gasteiger partial charge in [0.2, 0.25) is 0 Å². The summed E-state index contributed by atoms with van der Waals surface area (Å²) in [5.41, 5.74) is 0.308. The number of hydrogen-bond donors (Lipinski definition) is 1. The van der Waals surface area contributed by atoms with Gasteiger partial charge in [0.1, 0.15) is 5.15 Å². The molecule has 0 saturated heterocycles. The van der Waals surface area contributed by atoms with Crippen molar-refractivity contribution in [3.63, 3.8) is 0 Å². The van der Waals surface area contributed by atoms with E-state index < -0.39 is 0 Å². The van der Waals surface area contributed by atoms with Gasteiger partial charge in [-0.2, -0.15) is 0 Å². The SMILES string of the molecule is C=Cc1c(Cl)[nH]ccc1=O. The van der Waals surface area contributed by atoms with Gasteiger partial charge in [0.15, 0.2) is 5.43 Å². The lowest BCUT2D eigenvalue weighted by Crippen LogP contribution is -2.03. The van der Waals surface area contributed by atoms with E-state index in [0.29, 0.717) is 10.7 Å². The monoisotopic (exact) mass is 155 g/mol. The van der Waals surface area contributed by atoms with Crippen molar-refractivity contribution in [3.8, 4) is 0 Å². The van der Waals surface area contributed by atoms with E-state index in [1.165, 1.54) is 18.3 Å². The zero-order valence-corrected chi connectivity index (χ0v) is 5.98. The molecule has 0 bridgehead atoms. The van der Waals surface area contributed by atoms with Crippen molar-refractivity contribution in [2.24, 2.45) is 0 Å². The standard InChI is InChI=1S/C7H6ClNO/c1-2-5-6(10)3-4-9-7(5)8/h2-4H,1H2,(H,9,10). The number of pyridine rings is 1. The number of aromatic nitrogens is 1. The molecular weight excluding hydrogens is 150 g/mol. The maximum absolute atomic E-state index is 10.9. The summed E-state index contributed by atoms with van der Waals surface area (Å²) in [4.78, 5) is 13.6. The Kier molecular flexibility index (Phi) is 1.92. The minimum atomic E-state index is -0.112. The third-order valence-electron chi connectivity index (χ3n) is 1.15. The second kappa shape index (κ2) is 2.71. The van der Waals surface area contributed by atoms with Crippen LogP contribution in [-0.4, -0.2) is 4.98 Å². The zero-order valence-electron chi connectivity index (χ0n) is 5.23. The number of rotatable bonds is 1.